The minimum Gasteiger partial charge on any atom is -0.389 e. The lowest BCUT2D eigenvalue weighted by Gasteiger charge is -2.23. The predicted molar refractivity (Wildman–Crippen MR) is 83.1 cm³/mol. The molecule has 0 bridgehead atoms. The van der Waals surface area contributed by atoms with Gasteiger partial charge in [-0.3, -0.25) is 4.79 Å². The van der Waals surface area contributed by atoms with Crippen molar-refractivity contribution in [1.29, 1.82) is 0 Å². The molecule has 1 aromatic carbocycles. The summed E-state index contributed by atoms with van der Waals surface area (Å²) >= 11 is 4.90. The van der Waals surface area contributed by atoms with Gasteiger partial charge >= 0.3 is 0 Å². The Morgan fingerprint density at radius 2 is 1.89 bits per heavy atom. The number of benzene rings is 1. The van der Waals surface area contributed by atoms with Crippen LogP contribution in [0.4, 0.5) is 0 Å². The maximum Gasteiger partial charge on any atom is 0.226 e. The number of amides is 1. The number of nitrogens with zero attached hydrogens (tertiary/aromatic N) is 1. The summed E-state index contributed by atoms with van der Waals surface area (Å²) in [6.07, 6.45) is 0.429. The zero-order chi connectivity index (χ0) is 14.4. The molecule has 0 spiro atoms. The number of nitrogens with two attached hydrogens (primary N) is 1. The molecule has 0 unspecified atom stereocenters. The lowest BCUT2D eigenvalue weighted by molar-refractivity contribution is -0.130. The molecule has 19 heavy (non-hydrogen) atoms. The Bertz CT molecular complexity index is 440. The van der Waals surface area contributed by atoms with Crippen molar-refractivity contribution in [2.75, 3.05) is 13.1 Å². The van der Waals surface area contributed by atoms with Gasteiger partial charge in [0.1, 0.15) is 4.99 Å². The molecule has 1 rings (SSSR count). The Hall–Kier alpha value is -1.42. The van der Waals surface area contributed by atoms with Crippen LogP contribution in [-0.4, -0.2) is 28.9 Å². The molecule has 0 aromatic heterocycles. The fourth-order valence-electron chi connectivity index (χ4n) is 1.92. The first-order chi connectivity index (χ1) is 8.93. The molecule has 0 atom stereocenters. The van der Waals surface area contributed by atoms with Crippen LogP contribution in [0.1, 0.15) is 31.9 Å². The lowest BCUT2D eigenvalue weighted by Crippen LogP contribution is -2.35. The molecule has 0 saturated carbocycles. The summed E-state index contributed by atoms with van der Waals surface area (Å²) in [6.45, 7) is 7.80. The molecule has 3 nitrogen and oxygen atoms in total. The molecule has 1 aromatic rings. The Morgan fingerprint density at radius 1 is 1.32 bits per heavy atom. The average molecular weight is 278 g/mol. The van der Waals surface area contributed by atoms with E-state index in [0.29, 0.717) is 17.3 Å². The molecule has 0 aliphatic heterocycles. The highest BCUT2D eigenvalue weighted by Gasteiger charge is 2.13. The molecule has 0 fully saturated rings. The van der Waals surface area contributed by atoms with Crippen LogP contribution < -0.4 is 5.73 Å². The summed E-state index contributed by atoms with van der Waals surface area (Å²) < 4.78 is 0. The van der Waals surface area contributed by atoms with E-state index in [1.807, 2.05) is 36.1 Å². The molecule has 4 heteroatoms. The van der Waals surface area contributed by atoms with Crippen molar-refractivity contribution < 1.29 is 4.79 Å². The maximum atomic E-state index is 12.2. The molecular weight excluding hydrogens is 256 g/mol. The van der Waals surface area contributed by atoms with E-state index < -0.39 is 0 Å². The van der Waals surface area contributed by atoms with Crippen LogP contribution in [0.25, 0.3) is 0 Å². The van der Waals surface area contributed by atoms with Crippen LogP contribution in [0.5, 0.6) is 0 Å². The van der Waals surface area contributed by atoms with Crippen molar-refractivity contribution in [3.8, 4) is 0 Å². The monoisotopic (exact) mass is 278 g/mol. The molecule has 0 aliphatic rings. The Balaban J connectivity index is 2.67. The van der Waals surface area contributed by atoms with Crippen LogP contribution in [0.3, 0.4) is 0 Å². The molecule has 0 heterocycles. The van der Waals surface area contributed by atoms with Gasteiger partial charge in [-0.25, -0.2) is 0 Å². The second-order valence-corrected chi connectivity index (χ2v) is 5.50. The third-order valence-electron chi connectivity index (χ3n) is 2.91. The topological polar surface area (TPSA) is 46.3 Å². The first-order valence-corrected chi connectivity index (χ1v) is 7.01. The fraction of sp³-hybridized carbons (Fsp3) is 0.467. The van der Waals surface area contributed by atoms with Crippen molar-refractivity contribution in [3.05, 3.63) is 35.4 Å². The van der Waals surface area contributed by atoms with Gasteiger partial charge in [0, 0.05) is 18.7 Å². The number of likely N-dealkylation sites (N-methyl/N-ethyl adjacent to an activating group) is 1. The van der Waals surface area contributed by atoms with Gasteiger partial charge in [0.05, 0.1) is 6.42 Å². The second kappa shape index (κ2) is 7.24. The third-order valence-corrected chi connectivity index (χ3v) is 3.15. The highest BCUT2D eigenvalue weighted by atomic mass is 32.1. The Labute approximate surface area is 120 Å². The van der Waals surface area contributed by atoms with E-state index in [1.165, 1.54) is 0 Å². The second-order valence-electron chi connectivity index (χ2n) is 5.06. The van der Waals surface area contributed by atoms with Crippen molar-refractivity contribution >= 4 is 23.1 Å². The number of hydrogen-bond donors (Lipinski definition) is 1. The van der Waals surface area contributed by atoms with Crippen molar-refractivity contribution in [1.82, 2.24) is 4.90 Å². The minimum atomic E-state index is 0.166. The van der Waals surface area contributed by atoms with Crippen LogP contribution in [0, 0.1) is 5.92 Å². The molecule has 104 valence electrons. The van der Waals surface area contributed by atoms with Crippen LogP contribution in [-0.2, 0) is 11.2 Å². The van der Waals surface area contributed by atoms with E-state index in [9.17, 15) is 4.79 Å². The van der Waals surface area contributed by atoms with Gasteiger partial charge in [-0.15, -0.1) is 0 Å². The summed E-state index contributed by atoms with van der Waals surface area (Å²) in [5, 5.41) is 0. The van der Waals surface area contributed by atoms with Gasteiger partial charge in [-0.2, -0.15) is 0 Å². The molecule has 1 amide bonds. The summed E-state index contributed by atoms with van der Waals surface area (Å²) in [7, 11) is 0. The fourth-order valence-corrected chi connectivity index (χ4v) is 2.06. The summed E-state index contributed by atoms with van der Waals surface area (Å²) in [5.41, 5.74) is 7.37. The van der Waals surface area contributed by atoms with Crippen LogP contribution in [0.15, 0.2) is 24.3 Å². The zero-order valence-corrected chi connectivity index (χ0v) is 12.7. The Morgan fingerprint density at radius 3 is 2.32 bits per heavy atom. The van der Waals surface area contributed by atoms with Crippen molar-refractivity contribution in [3.63, 3.8) is 0 Å². The van der Waals surface area contributed by atoms with E-state index >= 15 is 0 Å². The summed E-state index contributed by atoms with van der Waals surface area (Å²) in [5.74, 6) is 0.653. The van der Waals surface area contributed by atoms with Crippen molar-refractivity contribution in [2.24, 2.45) is 11.7 Å². The first kappa shape index (κ1) is 15.6. The van der Waals surface area contributed by atoms with Gasteiger partial charge < -0.3 is 10.6 Å². The SMILES string of the molecule is CCN(CC(C)C)C(=O)Cc1ccc(C(N)=S)cc1. The highest BCUT2D eigenvalue weighted by molar-refractivity contribution is 7.80. The number of carbonyl (C=O) groups is 1. The number of thiocarbonyl (C=S) groups is 1. The molecule has 0 radical (unpaired) electrons. The van der Waals surface area contributed by atoms with Crippen molar-refractivity contribution in [2.45, 2.75) is 27.2 Å². The zero-order valence-electron chi connectivity index (χ0n) is 11.8. The van der Waals surface area contributed by atoms with Gasteiger partial charge in [0.15, 0.2) is 0 Å². The lowest BCUT2D eigenvalue weighted by atomic mass is 10.1. The summed E-state index contributed by atoms with van der Waals surface area (Å²) in [4.78, 5) is 14.5. The molecule has 0 saturated heterocycles. The molecular formula is C15H22N2OS. The quantitative estimate of drug-likeness (QED) is 0.813. The summed E-state index contributed by atoms with van der Waals surface area (Å²) in [6, 6.07) is 7.55. The van der Waals surface area contributed by atoms with E-state index in [2.05, 4.69) is 13.8 Å². The predicted octanol–water partition coefficient (Wildman–Crippen LogP) is 2.37. The number of carbonyl (C=O) groups excluding carboxylic acids is 1. The number of hydrogen-bond acceptors (Lipinski definition) is 2. The van der Waals surface area contributed by atoms with Gasteiger partial charge in [0.2, 0.25) is 5.91 Å². The molecule has 2 N–H and O–H groups in total. The van der Waals surface area contributed by atoms with Gasteiger partial charge in [-0.05, 0) is 18.4 Å². The van der Waals surface area contributed by atoms with Gasteiger partial charge in [0.25, 0.3) is 0 Å². The standard InChI is InChI=1S/C15H22N2OS/c1-4-17(10-11(2)3)14(18)9-12-5-7-13(8-6-12)15(16)19/h5-8,11H,4,9-10H2,1-3H3,(H2,16,19). The average Bonchev–Trinajstić information content (AvgIpc) is 2.36. The van der Waals surface area contributed by atoms with E-state index in [0.717, 1.165) is 24.2 Å². The maximum absolute atomic E-state index is 12.2. The third kappa shape index (κ3) is 4.99. The smallest absolute Gasteiger partial charge is 0.226 e. The van der Waals surface area contributed by atoms with E-state index in [1.54, 1.807) is 0 Å². The van der Waals surface area contributed by atoms with Crippen LogP contribution >= 0.6 is 12.2 Å². The number of rotatable bonds is 6. The van der Waals surface area contributed by atoms with Gasteiger partial charge in [-0.1, -0.05) is 50.3 Å². The van der Waals surface area contributed by atoms with E-state index in [-0.39, 0.29) is 5.91 Å². The molecule has 0 aliphatic carbocycles. The van der Waals surface area contributed by atoms with E-state index in [4.69, 9.17) is 18.0 Å². The Kier molecular flexibility index (Phi) is 5.96. The minimum absolute atomic E-state index is 0.166. The normalized spacial score (nSPS) is 10.5. The van der Waals surface area contributed by atoms with Crippen LogP contribution in [0.2, 0.25) is 0 Å². The highest BCUT2D eigenvalue weighted by Crippen LogP contribution is 2.08. The first-order valence-electron chi connectivity index (χ1n) is 6.60. The largest absolute Gasteiger partial charge is 0.389 e.